The molecule has 0 bridgehead atoms. The van der Waals surface area contributed by atoms with Gasteiger partial charge in [-0.15, -0.1) is 0 Å². The van der Waals surface area contributed by atoms with Crippen LogP contribution in [-0.2, 0) is 11.3 Å². The normalized spacial score (nSPS) is 10.2. The Bertz CT molecular complexity index is 585. The summed E-state index contributed by atoms with van der Waals surface area (Å²) in [7, 11) is 1.62. The highest BCUT2D eigenvalue weighted by Gasteiger charge is 2.03. The molecular formula is C14H15N3O2. The third-order valence-electron chi connectivity index (χ3n) is 2.58. The molecular weight excluding hydrogens is 242 g/mol. The summed E-state index contributed by atoms with van der Waals surface area (Å²) >= 11 is 0. The van der Waals surface area contributed by atoms with Crippen LogP contribution in [0.2, 0.25) is 0 Å². The number of hydrogen-bond acceptors (Lipinski definition) is 5. The number of methoxy groups -OCH3 is 1. The van der Waals surface area contributed by atoms with Crippen molar-refractivity contribution in [2.24, 2.45) is 0 Å². The van der Waals surface area contributed by atoms with E-state index in [1.165, 1.54) is 6.21 Å². The number of benzene rings is 1. The zero-order chi connectivity index (χ0) is 13.7. The van der Waals surface area contributed by atoms with Gasteiger partial charge in [0.25, 0.3) is 0 Å². The molecule has 0 fully saturated rings. The monoisotopic (exact) mass is 257 g/mol. The van der Waals surface area contributed by atoms with Crippen molar-refractivity contribution >= 4 is 17.6 Å². The Balaban J connectivity index is 2.27. The van der Waals surface area contributed by atoms with Crippen LogP contribution in [0.15, 0.2) is 36.5 Å². The van der Waals surface area contributed by atoms with Crippen molar-refractivity contribution in [1.29, 1.82) is 5.41 Å². The molecule has 0 aliphatic carbocycles. The smallest absolute Gasteiger partial charge is 0.117 e. The second kappa shape index (κ2) is 5.97. The van der Waals surface area contributed by atoms with Crippen LogP contribution < -0.4 is 5.32 Å². The minimum atomic E-state index is 0.152. The highest BCUT2D eigenvalue weighted by Crippen LogP contribution is 2.24. The highest BCUT2D eigenvalue weighted by atomic mass is 16.5. The minimum absolute atomic E-state index is 0.152. The van der Waals surface area contributed by atoms with Gasteiger partial charge in [0, 0.05) is 36.8 Å². The van der Waals surface area contributed by atoms with Crippen LogP contribution in [0.1, 0.15) is 11.3 Å². The summed E-state index contributed by atoms with van der Waals surface area (Å²) in [6, 6.07) is 8.49. The molecule has 0 spiro atoms. The number of rotatable bonds is 5. The lowest BCUT2D eigenvalue weighted by Gasteiger charge is -2.10. The van der Waals surface area contributed by atoms with Crippen molar-refractivity contribution in [3.8, 4) is 5.75 Å². The number of anilines is 2. The number of nitrogens with zero attached hydrogens (tertiary/aromatic N) is 1. The van der Waals surface area contributed by atoms with Crippen molar-refractivity contribution in [2.45, 2.75) is 6.61 Å². The van der Waals surface area contributed by atoms with Crippen molar-refractivity contribution in [3.63, 3.8) is 0 Å². The van der Waals surface area contributed by atoms with E-state index in [1.807, 2.05) is 12.1 Å². The van der Waals surface area contributed by atoms with E-state index in [9.17, 15) is 5.11 Å². The average Bonchev–Trinajstić information content (AvgIpc) is 2.40. The quantitative estimate of drug-likeness (QED) is 0.719. The number of ether oxygens (including phenoxy) is 1. The number of hydrogen-bond donors (Lipinski definition) is 3. The van der Waals surface area contributed by atoms with Crippen molar-refractivity contribution in [2.75, 3.05) is 12.4 Å². The molecule has 2 rings (SSSR count). The first-order valence-corrected chi connectivity index (χ1v) is 5.77. The van der Waals surface area contributed by atoms with Gasteiger partial charge in [-0.25, -0.2) is 0 Å². The van der Waals surface area contributed by atoms with Crippen LogP contribution in [0.25, 0.3) is 0 Å². The molecule has 0 unspecified atom stereocenters. The van der Waals surface area contributed by atoms with Crippen LogP contribution in [-0.4, -0.2) is 23.4 Å². The summed E-state index contributed by atoms with van der Waals surface area (Å²) < 4.78 is 5.03. The lowest BCUT2D eigenvalue weighted by molar-refractivity contribution is 0.181. The SMILES string of the molecule is COCc1cc(Nc2cc(O)ccc2C=N)ccn1. The third kappa shape index (κ3) is 3.29. The van der Waals surface area contributed by atoms with Crippen LogP contribution in [0.5, 0.6) is 5.75 Å². The Morgan fingerprint density at radius 2 is 2.21 bits per heavy atom. The standard InChI is InChI=1S/C14H15N3O2/c1-19-9-12-6-11(4-5-16-12)17-14-7-13(18)3-2-10(14)8-15/h2-8,15,18H,9H2,1H3,(H,16,17). The van der Waals surface area contributed by atoms with Crippen LogP contribution in [0.3, 0.4) is 0 Å². The van der Waals surface area contributed by atoms with Gasteiger partial charge in [-0.1, -0.05) is 0 Å². The zero-order valence-electron chi connectivity index (χ0n) is 10.6. The molecule has 1 aromatic carbocycles. The van der Waals surface area contributed by atoms with E-state index in [0.29, 0.717) is 17.9 Å². The summed E-state index contributed by atoms with van der Waals surface area (Å²) in [5.41, 5.74) is 3.01. The fraction of sp³-hybridized carbons (Fsp3) is 0.143. The summed E-state index contributed by atoms with van der Waals surface area (Å²) in [5.74, 6) is 0.152. The largest absolute Gasteiger partial charge is 0.508 e. The van der Waals surface area contributed by atoms with Gasteiger partial charge in [0.1, 0.15) is 5.75 Å². The Morgan fingerprint density at radius 1 is 1.37 bits per heavy atom. The molecule has 3 N–H and O–H groups in total. The van der Waals surface area contributed by atoms with Gasteiger partial charge in [-0.3, -0.25) is 4.98 Å². The molecule has 0 radical (unpaired) electrons. The van der Waals surface area contributed by atoms with E-state index < -0.39 is 0 Å². The molecule has 1 aromatic heterocycles. The Labute approximate surface area is 111 Å². The van der Waals surface area contributed by atoms with Crippen molar-refractivity contribution in [3.05, 3.63) is 47.8 Å². The minimum Gasteiger partial charge on any atom is -0.508 e. The number of aromatic nitrogens is 1. The predicted octanol–water partition coefficient (Wildman–Crippen LogP) is 2.67. The molecule has 0 aliphatic rings. The lowest BCUT2D eigenvalue weighted by Crippen LogP contribution is -1.98. The summed E-state index contributed by atoms with van der Waals surface area (Å²) in [6.45, 7) is 0.437. The van der Waals surface area contributed by atoms with Gasteiger partial charge in [-0.2, -0.15) is 0 Å². The molecule has 0 atom stereocenters. The van der Waals surface area contributed by atoms with Gasteiger partial charge in [0.05, 0.1) is 18.0 Å². The van der Waals surface area contributed by atoms with E-state index in [0.717, 1.165) is 11.4 Å². The molecule has 5 heteroatoms. The molecule has 2 aromatic rings. The highest BCUT2D eigenvalue weighted by molar-refractivity contribution is 5.87. The van der Waals surface area contributed by atoms with E-state index in [4.69, 9.17) is 10.1 Å². The van der Waals surface area contributed by atoms with Crippen LogP contribution in [0, 0.1) is 5.41 Å². The summed E-state index contributed by atoms with van der Waals surface area (Å²) in [4.78, 5) is 4.17. The van der Waals surface area contributed by atoms with Gasteiger partial charge in [-0.05, 0) is 24.3 Å². The molecule has 0 saturated carbocycles. The van der Waals surface area contributed by atoms with Crippen molar-refractivity contribution in [1.82, 2.24) is 4.98 Å². The molecule has 19 heavy (non-hydrogen) atoms. The fourth-order valence-corrected chi connectivity index (χ4v) is 1.72. The maximum absolute atomic E-state index is 9.50. The number of pyridine rings is 1. The second-order valence-corrected chi connectivity index (χ2v) is 4.01. The van der Waals surface area contributed by atoms with Gasteiger partial charge >= 0.3 is 0 Å². The van der Waals surface area contributed by atoms with E-state index in [2.05, 4.69) is 10.3 Å². The molecule has 0 saturated heterocycles. The average molecular weight is 257 g/mol. The molecule has 1 heterocycles. The predicted molar refractivity (Wildman–Crippen MR) is 74.2 cm³/mol. The van der Waals surface area contributed by atoms with E-state index in [-0.39, 0.29) is 5.75 Å². The Hall–Kier alpha value is -2.40. The number of aromatic hydroxyl groups is 1. The number of nitrogens with one attached hydrogen (secondary N) is 2. The van der Waals surface area contributed by atoms with Crippen LogP contribution in [0.4, 0.5) is 11.4 Å². The Morgan fingerprint density at radius 3 is 2.95 bits per heavy atom. The van der Waals surface area contributed by atoms with Crippen LogP contribution >= 0.6 is 0 Å². The van der Waals surface area contributed by atoms with Gasteiger partial charge < -0.3 is 20.6 Å². The lowest BCUT2D eigenvalue weighted by atomic mass is 10.1. The third-order valence-corrected chi connectivity index (χ3v) is 2.58. The molecule has 0 aliphatic heterocycles. The molecule has 0 amide bonds. The number of phenolic OH excluding ortho intramolecular Hbond substituents is 1. The first-order valence-electron chi connectivity index (χ1n) is 5.77. The maximum Gasteiger partial charge on any atom is 0.117 e. The maximum atomic E-state index is 9.50. The summed E-state index contributed by atoms with van der Waals surface area (Å²) in [6.07, 6.45) is 2.92. The second-order valence-electron chi connectivity index (χ2n) is 4.01. The van der Waals surface area contributed by atoms with E-state index in [1.54, 1.807) is 31.5 Å². The van der Waals surface area contributed by atoms with Crippen molar-refractivity contribution < 1.29 is 9.84 Å². The summed E-state index contributed by atoms with van der Waals surface area (Å²) in [5, 5.41) is 20.0. The molecule has 98 valence electrons. The number of phenols is 1. The fourth-order valence-electron chi connectivity index (χ4n) is 1.72. The zero-order valence-corrected chi connectivity index (χ0v) is 10.6. The van der Waals surface area contributed by atoms with Gasteiger partial charge in [0.2, 0.25) is 0 Å². The van der Waals surface area contributed by atoms with Gasteiger partial charge in [0.15, 0.2) is 0 Å². The van der Waals surface area contributed by atoms with E-state index >= 15 is 0 Å². The molecule has 5 nitrogen and oxygen atoms in total. The first kappa shape index (κ1) is 13.0. The first-order chi connectivity index (χ1) is 9.22. The Kier molecular flexibility index (Phi) is 4.10. The topological polar surface area (TPSA) is 78.2 Å².